The minimum absolute atomic E-state index is 0.269. The van der Waals surface area contributed by atoms with Crippen molar-refractivity contribution >= 4 is 5.97 Å². The molecular weight excluding hydrogens is 292 g/mol. The molecule has 0 atom stereocenters. The normalized spacial score (nSPS) is 13.8. The van der Waals surface area contributed by atoms with Gasteiger partial charge in [-0.3, -0.25) is 4.68 Å². The average Bonchev–Trinajstić information content (AvgIpc) is 3.32. The van der Waals surface area contributed by atoms with Gasteiger partial charge in [-0.05, 0) is 36.8 Å². The second-order valence-electron chi connectivity index (χ2n) is 5.90. The first-order valence-corrected chi connectivity index (χ1v) is 8.10. The molecule has 0 bridgehead atoms. The summed E-state index contributed by atoms with van der Waals surface area (Å²) in [7, 11) is 1.85. The molecule has 1 aliphatic rings. The predicted octanol–water partition coefficient (Wildman–Crippen LogP) is 3.44. The van der Waals surface area contributed by atoms with Crippen LogP contribution in [-0.4, -0.2) is 22.4 Å². The van der Waals surface area contributed by atoms with Gasteiger partial charge < -0.3 is 9.47 Å². The first-order valence-electron chi connectivity index (χ1n) is 8.10. The molecule has 1 fully saturated rings. The van der Waals surface area contributed by atoms with Gasteiger partial charge in [0, 0.05) is 24.9 Å². The number of esters is 1. The van der Waals surface area contributed by atoms with E-state index in [1.165, 1.54) is 18.4 Å². The average molecular weight is 314 g/mol. The highest BCUT2D eigenvalue weighted by molar-refractivity contribution is 5.91. The number of aromatic nitrogens is 2. The van der Waals surface area contributed by atoms with Crippen LogP contribution < -0.4 is 4.74 Å². The van der Waals surface area contributed by atoms with E-state index in [1.807, 2.05) is 38.4 Å². The molecule has 0 radical (unpaired) electrons. The van der Waals surface area contributed by atoms with Crippen LogP contribution in [0.1, 0.15) is 53.6 Å². The van der Waals surface area contributed by atoms with E-state index in [9.17, 15) is 4.79 Å². The molecular formula is C18H22N2O3. The number of ether oxygens (including phenoxy) is 2. The number of hydrogen-bond acceptors (Lipinski definition) is 4. The third kappa shape index (κ3) is 3.73. The van der Waals surface area contributed by atoms with E-state index in [-0.39, 0.29) is 5.97 Å². The van der Waals surface area contributed by atoms with Gasteiger partial charge in [-0.15, -0.1) is 5.10 Å². The Hall–Kier alpha value is -2.30. The molecule has 5 nitrogen and oxygen atoms in total. The Balaban J connectivity index is 1.83. The molecule has 0 N–H and O–H groups in total. The standard InChI is InChI=1S/C18H22N2O3/c1-3-11-22-18(21)15-6-4-5-14(13-7-8-13)16(15)12-23-17-9-10-20(2)19-17/h4-6,9-10,13H,3,7-8,11-12H2,1-2H3. The summed E-state index contributed by atoms with van der Waals surface area (Å²) in [6.07, 6.45) is 4.99. The smallest absolute Gasteiger partial charge is 0.338 e. The van der Waals surface area contributed by atoms with Crippen molar-refractivity contribution in [2.75, 3.05) is 6.61 Å². The maximum atomic E-state index is 12.3. The van der Waals surface area contributed by atoms with Gasteiger partial charge in [-0.2, -0.15) is 0 Å². The van der Waals surface area contributed by atoms with E-state index in [0.29, 0.717) is 30.6 Å². The van der Waals surface area contributed by atoms with Gasteiger partial charge in [-0.25, -0.2) is 4.79 Å². The molecule has 0 amide bonds. The minimum atomic E-state index is -0.269. The molecule has 0 saturated heterocycles. The molecule has 1 aliphatic carbocycles. The van der Waals surface area contributed by atoms with Gasteiger partial charge in [0.2, 0.25) is 5.88 Å². The monoisotopic (exact) mass is 314 g/mol. The molecule has 23 heavy (non-hydrogen) atoms. The van der Waals surface area contributed by atoms with Crippen LogP contribution in [-0.2, 0) is 18.4 Å². The Morgan fingerprint density at radius 3 is 2.83 bits per heavy atom. The minimum Gasteiger partial charge on any atom is -0.472 e. The van der Waals surface area contributed by atoms with Crippen molar-refractivity contribution in [3.05, 3.63) is 47.2 Å². The number of benzene rings is 1. The molecule has 5 heteroatoms. The van der Waals surface area contributed by atoms with Crippen LogP contribution in [0.15, 0.2) is 30.5 Å². The van der Waals surface area contributed by atoms with Crippen LogP contribution in [0.5, 0.6) is 5.88 Å². The Morgan fingerprint density at radius 1 is 1.35 bits per heavy atom. The summed E-state index contributed by atoms with van der Waals surface area (Å²) in [5.41, 5.74) is 2.74. The van der Waals surface area contributed by atoms with Gasteiger partial charge in [-0.1, -0.05) is 19.1 Å². The maximum absolute atomic E-state index is 12.3. The summed E-state index contributed by atoms with van der Waals surface area (Å²) in [4.78, 5) is 12.3. The second kappa shape index (κ2) is 6.86. The van der Waals surface area contributed by atoms with Crippen molar-refractivity contribution in [1.29, 1.82) is 0 Å². The fourth-order valence-corrected chi connectivity index (χ4v) is 2.62. The third-order valence-electron chi connectivity index (χ3n) is 3.94. The van der Waals surface area contributed by atoms with Crippen molar-refractivity contribution in [2.24, 2.45) is 7.05 Å². The van der Waals surface area contributed by atoms with Crippen molar-refractivity contribution in [1.82, 2.24) is 9.78 Å². The summed E-state index contributed by atoms with van der Waals surface area (Å²) < 4.78 is 12.8. The molecule has 122 valence electrons. The van der Waals surface area contributed by atoms with Crippen molar-refractivity contribution in [2.45, 2.75) is 38.7 Å². The second-order valence-corrected chi connectivity index (χ2v) is 5.90. The highest BCUT2D eigenvalue weighted by Gasteiger charge is 2.28. The third-order valence-corrected chi connectivity index (χ3v) is 3.94. The number of carbonyl (C=O) groups excluding carboxylic acids is 1. The van der Waals surface area contributed by atoms with E-state index in [4.69, 9.17) is 9.47 Å². The quantitative estimate of drug-likeness (QED) is 0.735. The SMILES string of the molecule is CCCOC(=O)c1cccc(C2CC2)c1COc1ccn(C)n1. The predicted molar refractivity (Wildman–Crippen MR) is 86.5 cm³/mol. The van der Waals surface area contributed by atoms with Gasteiger partial charge in [0.25, 0.3) is 0 Å². The van der Waals surface area contributed by atoms with Gasteiger partial charge in [0.05, 0.1) is 12.2 Å². The summed E-state index contributed by atoms with van der Waals surface area (Å²) in [6.45, 7) is 2.76. The fraction of sp³-hybridized carbons (Fsp3) is 0.444. The van der Waals surface area contributed by atoms with Gasteiger partial charge in [0.15, 0.2) is 0 Å². The highest BCUT2D eigenvalue weighted by atomic mass is 16.5. The van der Waals surface area contributed by atoms with Crippen molar-refractivity contribution in [3.63, 3.8) is 0 Å². The Labute approximate surface area is 136 Å². The molecule has 1 aromatic heterocycles. The lowest BCUT2D eigenvalue weighted by molar-refractivity contribution is 0.0502. The van der Waals surface area contributed by atoms with Crippen molar-refractivity contribution < 1.29 is 14.3 Å². The lowest BCUT2D eigenvalue weighted by Crippen LogP contribution is -2.12. The maximum Gasteiger partial charge on any atom is 0.338 e. The van der Waals surface area contributed by atoms with Crippen LogP contribution in [0, 0.1) is 0 Å². The fourth-order valence-electron chi connectivity index (χ4n) is 2.62. The van der Waals surface area contributed by atoms with Gasteiger partial charge in [0.1, 0.15) is 6.61 Å². The Morgan fingerprint density at radius 2 is 2.17 bits per heavy atom. The summed E-state index contributed by atoms with van der Waals surface area (Å²) >= 11 is 0. The molecule has 0 aliphatic heterocycles. The zero-order valence-corrected chi connectivity index (χ0v) is 13.6. The van der Waals surface area contributed by atoms with Gasteiger partial charge >= 0.3 is 5.97 Å². The molecule has 1 heterocycles. The summed E-state index contributed by atoms with van der Waals surface area (Å²) in [6, 6.07) is 7.65. The number of rotatable bonds is 7. The van der Waals surface area contributed by atoms with Crippen LogP contribution >= 0.6 is 0 Å². The first-order chi connectivity index (χ1) is 11.2. The van der Waals surface area contributed by atoms with E-state index in [1.54, 1.807) is 4.68 Å². The summed E-state index contributed by atoms with van der Waals surface area (Å²) in [5.74, 6) is 0.830. The lowest BCUT2D eigenvalue weighted by Gasteiger charge is -2.14. The Bertz CT molecular complexity index is 689. The molecule has 1 saturated carbocycles. The van der Waals surface area contributed by atoms with Crippen LogP contribution in [0.25, 0.3) is 0 Å². The molecule has 3 rings (SSSR count). The van der Waals surface area contributed by atoms with Crippen molar-refractivity contribution in [3.8, 4) is 5.88 Å². The lowest BCUT2D eigenvalue weighted by atomic mass is 9.98. The number of hydrogen-bond donors (Lipinski definition) is 0. The molecule has 0 spiro atoms. The Kier molecular flexibility index (Phi) is 4.65. The van der Waals surface area contributed by atoms with E-state index in [0.717, 1.165) is 12.0 Å². The van der Waals surface area contributed by atoms with Crippen LogP contribution in [0.4, 0.5) is 0 Å². The zero-order valence-electron chi connectivity index (χ0n) is 13.6. The van der Waals surface area contributed by atoms with E-state index in [2.05, 4.69) is 11.2 Å². The summed E-state index contributed by atoms with van der Waals surface area (Å²) in [5, 5.41) is 4.22. The molecule has 0 unspecified atom stereocenters. The van der Waals surface area contributed by atoms with E-state index < -0.39 is 0 Å². The highest BCUT2D eigenvalue weighted by Crippen LogP contribution is 2.42. The number of carbonyl (C=O) groups is 1. The van der Waals surface area contributed by atoms with Crippen LogP contribution in [0.2, 0.25) is 0 Å². The largest absolute Gasteiger partial charge is 0.472 e. The topological polar surface area (TPSA) is 53.4 Å². The zero-order chi connectivity index (χ0) is 16.2. The first kappa shape index (κ1) is 15.6. The molecule has 1 aromatic carbocycles. The molecule has 2 aromatic rings. The van der Waals surface area contributed by atoms with Crippen LogP contribution in [0.3, 0.4) is 0 Å². The van der Waals surface area contributed by atoms with E-state index >= 15 is 0 Å². The number of aryl methyl sites for hydroxylation is 1. The number of nitrogens with zero attached hydrogens (tertiary/aromatic N) is 2.